The van der Waals surface area contributed by atoms with Gasteiger partial charge in [-0.1, -0.05) is 12.1 Å². The van der Waals surface area contributed by atoms with Gasteiger partial charge in [-0.25, -0.2) is 13.1 Å². The molecule has 0 aliphatic carbocycles. The average Bonchev–Trinajstić information content (AvgIpc) is 2.98. The topological polar surface area (TPSA) is 88.9 Å². The fourth-order valence-corrected chi connectivity index (χ4v) is 2.77. The third-order valence-corrected chi connectivity index (χ3v) is 4.33. The quantitative estimate of drug-likeness (QED) is 0.761. The van der Waals surface area contributed by atoms with Crippen molar-refractivity contribution >= 4 is 15.7 Å². The minimum atomic E-state index is -3.49. The van der Waals surface area contributed by atoms with E-state index in [9.17, 15) is 8.42 Å². The molecule has 0 amide bonds. The second-order valence-corrected chi connectivity index (χ2v) is 6.28. The molecule has 21 heavy (non-hydrogen) atoms. The molecule has 1 aromatic carbocycles. The molecule has 7 nitrogen and oxygen atoms in total. The van der Waals surface area contributed by atoms with Gasteiger partial charge in [0.1, 0.15) is 0 Å². The van der Waals surface area contributed by atoms with Crippen molar-refractivity contribution in [1.82, 2.24) is 19.7 Å². The molecule has 1 aromatic heterocycles. The summed E-state index contributed by atoms with van der Waals surface area (Å²) in [7, 11) is -3.49. The number of sulfonamides is 1. The van der Waals surface area contributed by atoms with E-state index < -0.39 is 10.0 Å². The van der Waals surface area contributed by atoms with Crippen molar-refractivity contribution in [2.75, 3.05) is 18.4 Å². The predicted molar refractivity (Wildman–Crippen MR) is 80.4 cm³/mol. The lowest BCUT2D eigenvalue weighted by molar-refractivity contribution is 0.553. The van der Waals surface area contributed by atoms with Crippen LogP contribution in [0.1, 0.15) is 13.3 Å². The van der Waals surface area contributed by atoms with Crippen molar-refractivity contribution in [2.24, 2.45) is 0 Å². The molecule has 0 fully saturated rings. The van der Waals surface area contributed by atoms with E-state index in [1.807, 2.05) is 0 Å². The van der Waals surface area contributed by atoms with E-state index in [0.29, 0.717) is 6.54 Å². The van der Waals surface area contributed by atoms with Crippen molar-refractivity contribution in [3.05, 3.63) is 36.7 Å². The Morgan fingerprint density at radius 1 is 1.19 bits per heavy atom. The fraction of sp³-hybridized carbons (Fsp3) is 0.385. The Bertz CT molecular complexity index is 638. The first-order valence-corrected chi connectivity index (χ1v) is 8.28. The van der Waals surface area contributed by atoms with Gasteiger partial charge in [-0.3, -0.25) is 4.68 Å². The van der Waals surface area contributed by atoms with Gasteiger partial charge in [0.2, 0.25) is 10.0 Å². The minimum absolute atomic E-state index is 0.253. The minimum Gasteiger partial charge on any atom is -0.385 e. The Hall–Kier alpha value is -1.93. The number of hydrogen-bond acceptors (Lipinski definition) is 5. The molecule has 0 saturated carbocycles. The van der Waals surface area contributed by atoms with Crippen LogP contribution in [0.4, 0.5) is 5.69 Å². The summed E-state index contributed by atoms with van der Waals surface area (Å²) in [6.45, 7) is 3.64. The molecular weight excluding hydrogens is 290 g/mol. The zero-order valence-corrected chi connectivity index (χ0v) is 12.7. The van der Waals surface area contributed by atoms with Gasteiger partial charge in [0.25, 0.3) is 0 Å². The first-order valence-electron chi connectivity index (χ1n) is 6.79. The largest absolute Gasteiger partial charge is 0.385 e. The molecule has 2 aromatic rings. The number of nitrogens with one attached hydrogen (secondary N) is 2. The van der Waals surface area contributed by atoms with Crippen LogP contribution in [0, 0.1) is 0 Å². The van der Waals surface area contributed by atoms with Crippen LogP contribution in [-0.4, -0.2) is 36.5 Å². The van der Waals surface area contributed by atoms with Crippen LogP contribution in [0.15, 0.2) is 41.6 Å². The molecule has 0 saturated heterocycles. The van der Waals surface area contributed by atoms with Crippen molar-refractivity contribution in [1.29, 1.82) is 0 Å². The summed E-state index contributed by atoms with van der Waals surface area (Å²) in [6, 6.07) is 6.72. The Morgan fingerprint density at radius 2 is 1.95 bits per heavy atom. The van der Waals surface area contributed by atoms with Gasteiger partial charge >= 0.3 is 0 Å². The SMILES string of the molecule is CCCNc1ccc(S(=O)(=O)NCCn2ccnn2)cc1. The van der Waals surface area contributed by atoms with Crippen LogP contribution < -0.4 is 10.0 Å². The van der Waals surface area contributed by atoms with E-state index in [4.69, 9.17) is 0 Å². The van der Waals surface area contributed by atoms with Gasteiger partial charge in [0.15, 0.2) is 0 Å². The maximum Gasteiger partial charge on any atom is 0.240 e. The highest BCUT2D eigenvalue weighted by Crippen LogP contribution is 2.13. The molecule has 114 valence electrons. The number of benzene rings is 1. The van der Waals surface area contributed by atoms with Crippen LogP contribution in [0.3, 0.4) is 0 Å². The van der Waals surface area contributed by atoms with Gasteiger partial charge in [-0.05, 0) is 30.7 Å². The maximum atomic E-state index is 12.1. The normalized spacial score (nSPS) is 11.5. The number of aromatic nitrogens is 3. The Morgan fingerprint density at radius 3 is 2.57 bits per heavy atom. The summed E-state index contributed by atoms with van der Waals surface area (Å²) in [6.07, 6.45) is 4.25. The summed E-state index contributed by atoms with van der Waals surface area (Å²) in [5.74, 6) is 0. The number of nitrogens with zero attached hydrogens (tertiary/aromatic N) is 3. The molecule has 0 aliphatic heterocycles. The fourth-order valence-electron chi connectivity index (χ4n) is 1.75. The van der Waals surface area contributed by atoms with Crippen molar-refractivity contribution in [3.63, 3.8) is 0 Å². The van der Waals surface area contributed by atoms with Gasteiger partial charge in [0, 0.05) is 25.0 Å². The zero-order chi connectivity index (χ0) is 15.1. The molecule has 2 N–H and O–H groups in total. The van der Waals surface area contributed by atoms with E-state index in [0.717, 1.165) is 18.7 Å². The van der Waals surface area contributed by atoms with E-state index in [2.05, 4.69) is 27.3 Å². The predicted octanol–water partition coefficient (Wildman–Crippen LogP) is 1.08. The molecule has 0 atom stereocenters. The Labute approximate surface area is 124 Å². The first-order chi connectivity index (χ1) is 10.1. The molecule has 2 rings (SSSR count). The molecule has 0 unspecified atom stereocenters. The molecular formula is C13H19N5O2S. The monoisotopic (exact) mass is 309 g/mol. The molecule has 0 aliphatic rings. The third-order valence-electron chi connectivity index (χ3n) is 2.85. The standard InChI is InChI=1S/C13H19N5O2S/c1-2-7-14-12-3-5-13(6-4-12)21(19,20)16-9-11-18-10-8-15-17-18/h3-6,8,10,14,16H,2,7,9,11H2,1H3. The number of anilines is 1. The van der Waals surface area contributed by atoms with E-state index in [1.54, 1.807) is 41.3 Å². The summed E-state index contributed by atoms with van der Waals surface area (Å²) < 4.78 is 28.3. The van der Waals surface area contributed by atoms with Gasteiger partial charge in [-0.2, -0.15) is 0 Å². The summed E-state index contributed by atoms with van der Waals surface area (Å²) >= 11 is 0. The summed E-state index contributed by atoms with van der Waals surface area (Å²) in [4.78, 5) is 0.253. The number of rotatable bonds is 8. The van der Waals surface area contributed by atoms with Crippen LogP contribution >= 0.6 is 0 Å². The molecule has 1 heterocycles. The highest BCUT2D eigenvalue weighted by Gasteiger charge is 2.13. The van der Waals surface area contributed by atoms with Gasteiger partial charge in [-0.15, -0.1) is 5.10 Å². The second kappa shape index (κ2) is 7.19. The van der Waals surface area contributed by atoms with Crippen molar-refractivity contribution in [2.45, 2.75) is 24.8 Å². The molecule has 0 radical (unpaired) electrons. The lowest BCUT2D eigenvalue weighted by Gasteiger charge is -2.08. The van der Waals surface area contributed by atoms with Crippen molar-refractivity contribution < 1.29 is 8.42 Å². The maximum absolute atomic E-state index is 12.1. The Kier molecular flexibility index (Phi) is 5.29. The molecule has 8 heteroatoms. The van der Waals surface area contributed by atoms with E-state index >= 15 is 0 Å². The Balaban J connectivity index is 1.92. The van der Waals surface area contributed by atoms with E-state index in [-0.39, 0.29) is 11.4 Å². The van der Waals surface area contributed by atoms with Gasteiger partial charge in [0.05, 0.1) is 17.6 Å². The molecule has 0 bridgehead atoms. The van der Waals surface area contributed by atoms with Crippen LogP contribution in [0.5, 0.6) is 0 Å². The van der Waals surface area contributed by atoms with Crippen molar-refractivity contribution in [3.8, 4) is 0 Å². The van der Waals surface area contributed by atoms with Gasteiger partial charge < -0.3 is 5.32 Å². The highest BCUT2D eigenvalue weighted by molar-refractivity contribution is 7.89. The number of hydrogen-bond donors (Lipinski definition) is 2. The van der Waals surface area contributed by atoms with Crippen LogP contribution in [0.25, 0.3) is 0 Å². The lowest BCUT2D eigenvalue weighted by atomic mass is 10.3. The summed E-state index contributed by atoms with van der Waals surface area (Å²) in [5.41, 5.74) is 0.915. The second-order valence-electron chi connectivity index (χ2n) is 4.52. The smallest absolute Gasteiger partial charge is 0.240 e. The van der Waals surface area contributed by atoms with Crippen LogP contribution in [0.2, 0.25) is 0 Å². The summed E-state index contributed by atoms with van der Waals surface area (Å²) in [5, 5.41) is 10.6. The lowest BCUT2D eigenvalue weighted by Crippen LogP contribution is -2.27. The highest BCUT2D eigenvalue weighted by atomic mass is 32.2. The molecule has 0 spiro atoms. The average molecular weight is 309 g/mol. The third kappa shape index (κ3) is 4.54. The zero-order valence-electron chi connectivity index (χ0n) is 11.9. The first kappa shape index (κ1) is 15.5. The van der Waals surface area contributed by atoms with Crippen LogP contribution in [-0.2, 0) is 16.6 Å². The van der Waals surface area contributed by atoms with E-state index in [1.165, 1.54) is 0 Å².